The average Bonchev–Trinajstić information content (AvgIpc) is 2.12. The number of aliphatic imine (C=N–C) groups is 1. The molecule has 0 saturated carbocycles. The number of aromatic nitrogens is 1. The minimum Gasteiger partial charge on any atom is -0.481 e. The Morgan fingerprint density at radius 2 is 1.20 bits per heavy atom. The smallest absolute Gasteiger partial charge is 0.328 e. The number of guanidine groups is 1. The summed E-state index contributed by atoms with van der Waals surface area (Å²) in [4.78, 5) is 182. The second-order valence-electron chi connectivity index (χ2n) is 21.8. The molecule has 87 heavy (non-hydrogen) atoms. The van der Waals surface area contributed by atoms with E-state index in [0.29, 0.717) is 29.3 Å². The highest BCUT2D eigenvalue weighted by Gasteiger charge is 2.45. The Morgan fingerprint density at radius 1 is 0.655 bits per heavy atom. The first kappa shape index (κ1) is 70.5. The van der Waals surface area contributed by atoms with E-state index in [1.54, 1.807) is 44.3 Å². The van der Waals surface area contributed by atoms with Gasteiger partial charge in [0.15, 0.2) is 12.0 Å². The topological polar surface area (TPSA) is 546 Å². The first-order chi connectivity index (χ1) is 41.0. The van der Waals surface area contributed by atoms with E-state index in [0.717, 1.165) is 0 Å². The molecule has 10 amide bonds. The molecule has 2 aliphatic rings. The Morgan fingerprint density at radius 3 is 1.79 bits per heavy atom. The number of amides is 10. The maximum atomic E-state index is 15.0. The number of carboxylic acid groups (broad SMARTS) is 3. The zero-order valence-corrected chi connectivity index (χ0v) is 48.5. The van der Waals surface area contributed by atoms with E-state index in [4.69, 9.17) is 28.0 Å². The first-order valence-corrected chi connectivity index (χ1v) is 28.4. The predicted octanol–water partition coefficient (Wildman–Crippen LogP) is -5.42. The average molecular weight is 1230 g/mol. The minimum absolute atomic E-state index is 0.000309. The van der Waals surface area contributed by atoms with Crippen LogP contribution in [0.15, 0.2) is 35.5 Å². The second kappa shape index (κ2) is 33.6. The van der Waals surface area contributed by atoms with Crippen molar-refractivity contribution >= 4 is 93.8 Å². The fraction of sp³-hybridized carbons (Fsp3) is 0.593. The van der Waals surface area contributed by atoms with Gasteiger partial charge in [-0.2, -0.15) is 0 Å². The molecule has 2 aromatic rings. The van der Waals surface area contributed by atoms with Crippen LogP contribution >= 0.6 is 0 Å². The zero-order chi connectivity index (χ0) is 64.8. The van der Waals surface area contributed by atoms with Gasteiger partial charge in [-0.15, -0.1) is 0 Å². The lowest BCUT2D eigenvalue weighted by Crippen LogP contribution is -2.61. The molecule has 21 N–H and O–H groups in total. The second-order valence-corrected chi connectivity index (χ2v) is 21.8. The summed E-state index contributed by atoms with van der Waals surface area (Å²) in [6.45, 7) is 3.53. The highest BCUT2D eigenvalue weighted by Crippen LogP contribution is 2.28. The van der Waals surface area contributed by atoms with Crippen molar-refractivity contribution < 1.29 is 87.9 Å². The van der Waals surface area contributed by atoms with Crippen LogP contribution in [0.2, 0.25) is 0 Å². The van der Waals surface area contributed by atoms with Crippen LogP contribution in [-0.2, 0) is 68.7 Å². The van der Waals surface area contributed by atoms with Gasteiger partial charge in [0.25, 0.3) is 0 Å². The lowest BCUT2D eigenvalue weighted by molar-refractivity contribution is -0.148. The summed E-state index contributed by atoms with van der Waals surface area (Å²) >= 11 is 0. The van der Waals surface area contributed by atoms with Crippen LogP contribution in [0.25, 0.3) is 10.9 Å². The number of nitrogens with two attached hydrogens (primary N) is 4. The maximum absolute atomic E-state index is 15.0. The van der Waals surface area contributed by atoms with Crippen LogP contribution in [0.5, 0.6) is 0 Å². The normalized spacial score (nSPS) is 17.8. The Balaban J connectivity index is 1.60. The van der Waals surface area contributed by atoms with Gasteiger partial charge in [0, 0.05) is 56.0 Å². The summed E-state index contributed by atoms with van der Waals surface area (Å²) < 4.78 is 0. The van der Waals surface area contributed by atoms with Crippen molar-refractivity contribution in [2.75, 3.05) is 26.2 Å². The number of fused-ring (bicyclic) bond motifs is 1. The molecular formula is C54H81N15O18. The summed E-state index contributed by atoms with van der Waals surface area (Å²) in [5, 5.41) is 65.7. The van der Waals surface area contributed by atoms with E-state index >= 15 is 4.79 Å². The highest BCUT2D eigenvalue weighted by atomic mass is 16.4. The molecule has 0 unspecified atom stereocenters. The maximum Gasteiger partial charge on any atom is 0.328 e. The number of aliphatic carboxylic acids is 3. The van der Waals surface area contributed by atoms with Gasteiger partial charge in [-0.3, -0.25) is 62.5 Å². The van der Waals surface area contributed by atoms with Crippen molar-refractivity contribution in [1.82, 2.24) is 52.0 Å². The lowest BCUT2D eigenvalue weighted by atomic mass is 10.0. The molecule has 33 heteroatoms. The van der Waals surface area contributed by atoms with Gasteiger partial charge in [0.05, 0.1) is 25.2 Å². The molecule has 33 nitrogen and oxygen atoms in total. The monoisotopic (exact) mass is 1230 g/mol. The Labute approximate surface area is 499 Å². The van der Waals surface area contributed by atoms with E-state index < -0.39 is 176 Å². The highest BCUT2D eigenvalue weighted by molar-refractivity contribution is 6.00. The van der Waals surface area contributed by atoms with E-state index in [1.165, 1.54) is 16.7 Å². The standard InChI is InChI=1S/C54H81N15O18/c1-26(2)21-34(48(81)67-43(27(3)71)53(86)87)64-50(83)38-12-7-19-68(38)52(85)39-13-8-20-69(39)51(84)36(22-28-24-60-31-10-5-4-9-29(28)31)65-47(80)35(23-40(56)72)63-49(82)37(25-70)66-45(78)32(11-6-18-59-54(57)58)62-46(79)33(15-17-42(75)76)61-44(77)30(55)14-16-41(73)74/h4-5,9-10,24,26-27,30,32-39,43,60,70-71H,6-8,11-23,25,55H2,1-3H3,(H2,56,72)(H,61,77)(H,62,79)(H,63,82)(H,64,83)(H,65,80)(H,66,78)(H,67,81)(H,73,74)(H,75,76)(H,86,87)(H4,57,58,59)/t27-,30+,32+,33+,34+,35+,36+,37+,38+,39+,43+/m1/s1. The van der Waals surface area contributed by atoms with Crippen molar-refractivity contribution in [1.29, 1.82) is 0 Å². The molecule has 1 aromatic carbocycles. The third kappa shape index (κ3) is 21.5. The molecular weight excluding hydrogens is 1150 g/mol. The van der Waals surface area contributed by atoms with E-state index in [2.05, 4.69) is 47.2 Å². The van der Waals surface area contributed by atoms with Gasteiger partial charge in [0.2, 0.25) is 59.1 Å². The van der Waals surface area contributed by atoms with Crippen molar-refractivity contribution in [3.63, 3.8) is 0 Å². The summed E-state index contributed by atoms with van der Waals surface area (Å²) in [5.74, 6) is -14.5. The Kier molecular flexibility index (Phi) is 27.3. The van der Waals surface area contributed by atoms with Crippen LogP contribution in [-0.4, -0.2) is 216 Å². The molecule has 2 aliphatic heterocycles. The van der Waals surface area contributed by atoms with Gasteiger partial charge in [-0.1, -0.05) is 32.0 Å². The number of carbonyl (C=O) groups is 13. The van der Waals surface area contributed by atoms with Crippen LogP contribution in [0, 0.1) is 5.92 Å². The first-order valence-electron chi connectivity index (χ1n) is 28.4. The number of hydrogen-bond acceptors (Lipinski definition) is 17. The number of rotatable bonds is 35. The molecule has 4 rings (SSSR count). The summed E-state index contributed by atoms with van der Waals surface area (Å²) in [5.41, 5.74) is 23.4. The minimum atomic E-state index is -1.94. The van der Waals surface area contributed by atoms with Gasteiger partial charge < -0.3 is 100 Å². The zero-order valence-electron chi connectivity index (χ0n) is 48.5. The fourth-order valence-corrected chi connectivity index (χ4v) is 10.0. The summed E-state index contributed by atoms with van der Waals surface area (Å²) in [6, 6.07) is -8.37. The van der Waals surface area contributed by atoms with Gasteiger partial charge in [-0.25, -0.2) is 4.79 Å². The molecule has 0 spiro atoms. The van der Waals surface area contributed by atoms with E-state index in [-0.39, 0.29) is 76.5 Å². The number of aliphatic hydroxyl groups is 2. The van der Waals surface area contributed by atoms with Gasteiger partial charge in [0.1, 0.15) is 48.3 Å². The van der Waals surface area contributed by atoms with Crippen LogP contribution < -0.4 is 60.2 Å². The van der Waals surface area contributed by atoms with Crippen LogP contribution in [0.1, 0.15) is 103 Å². The largest absolute Gasteiger partial charge is 0.481 e. The molecule has 0 bridgehead atoms. The van der Waals surface area contributed by atoms with Crippen molar-refractivity contribution in [3.8, 4) is 0 Å². The summed E-state index contributed by atoms with van der Waals surface area (Å²) in [7, 11) is 0. The Bertz CT molecular complexity index is 2860. The number of nitrogens with zero attached hydrogens (tertiary/aromatic N) is 3. The fourth-order valence-electron chi connectivity index (χ4n) is 10.0. The van der Waals surface area contributed by atoms with Crippen LogP contribution in [0.4, 0.5) is 0 Å². The molecule has 1 aromatic heterocycles. The van der Waals surface area contributed by atoms with Crippen molar-refractivity contribution in [2.45, 2.75) is 171 Å². The predicted molar refractivity (Wildman–Crippen MR) is 306 cm³/mol. The lowest BCUT2D eigenvalue weighted by Gasteiger charge is -2.34. The number of aromatic amines is 1. The number of H-pyrrole nitrogens is 1. The number of benzene rings is 1. The SMILES string of the molecule is CC(C)C[C@H](NC(=O)[C@@H]1CCCN1C(=O)[C@@H]1CCCN1C(=O)[C@H](Cc1c[nH]c2ccccc12)NC(=O)[C@H](CC(N)=O)NC(=O)[C@H](CO)NC(=O)[C@H](CCCN=C(N)N)NC(=O)[C@H](CCC(=O)O)NC(=O)[C@@H](N)CCC(=O)O)C(=O)N[C@H](C(=O)O)[C@@H](C)O. The number of aliphatic hydroxyl groups excluding tert-OH is 2. The summed E-state index contributed by atoms with van der Waals surface area (Å²) in [6.07, 6.45) is -2.41. The number of carboxylic acids is 3. The molecule has 0 aliphatic carbocycles. The van der Waals surface area contributed by atoms with E-state index in [9.17, 15) is 78.0 Å². The van der Waals surface area contributed by atoms with Crippen molar-refractivity contribution in [3.05, 3.63) is 36.0 Å². The molecule has 3 heterocycles. The Hall–Kier alpha value is -8.98. The van der Waals surface area contributed by atoms with Crippen LogP contribution in [0.3, 0.4) is 0 Å². The number of para-hydroxylation sites is 1. The molecule has 0 radical (unpaired) electrons. The van der Waals surface area contributed by atoms with Crippen molar-refractivity contribution in [2.24, 2.45) is 33.8 Å². The quantitative estimate of drug-likeness (QED) is 0.0174. The number of primary amides is 1. The number of nitrogens with one attached hydrogen (secondary N) is 8. The van der Waals surface area contributed by atoms with Gasteiger partial charge >= 0.3 is 17.9 Å². The molecule has 2 fully saturated rings. The number of hydrogen-bond donors (Lipinski definition) is 17. The number of carbonyl (C=O) groups excluding carboxylic acids is 10. The molecule has 480 valence electrons. The number of likely N-dealkylation sites (tertiary alicyclic amines) is 2. The third-order valence-electron chi connectivity index (χ3n) is 14.5. The van der Waals surface area contributed by atoms with E-state index in [1.807, 2.05) is 0 Å². The molecule has 11 atom stereocenters. The molecule has 2 saturated heterocycles. The van der Waals surface area contributed by atoms with Gasteiger partial charge in [-0.05, 0) is 82.3 Å². The third-order valence-corrected chi connectivity index (χ3v) is 14.5.